The molecule has 0 bridgehead atoms. The number of aryl methyl sites for hydroxylation is 1. The van der Waals surface area contributed by atoms with E-state index in [-0.39, 0.29) is 17.7 Å². The van der Waals surface area contributed by atoms with Gasteiger partial charge in [-0.2, -0.15) is 5.10 Å². The molecule has 0 N–H and O–H groups in total. The van der Waals surface area contributed by atoms with Crippen LogP contribution in [0.15, 0.2) is 36.7 Å². The van der Waals surface area contributed by atoms with Crippen LogP contribution in [0, 0.1) is 5.92 Å². The van der Waals surface area contributed by atoms with Crippen LogP contribution < -0.4 is 0 Å². The average Bonchev–Trinajstić information content (AvgIpc) is 3.07. The Hall–Kier alpha value is -2.14. The predicted molar refractivity (Wildman–Crippen MR) is 90.5 cm³/mol. The number of carbonyl (C=O) groups is 1. The number of rotatable bonds is 2. The molecular weight excluding hydrogens is 302 g/mol. The van der Waals surface area contributed by atoms with Crippen molar-refractivity contribution in [3.05, 3.63) is 53.3 Å². The Bertz CT molecular complexity index is 734. The van der Waals surface area contributed by atoms with Gasteiger partial charge in [0, 0.05) is 51.4 Å². The summed E-state index contributed by atoms with van der Waals surface area (Å²) in [5, 5.41) is 4.32. The highest BCUT2D eigenvalue weighted by molar-refractivity contribution is 5.79. The van der Waals surface area contributed by atoms with Crippen LogP contribution in [-0.4, -0.2) is 40.3 Å². The standard InChI is InChI=1S/C19H23N3O2/c1-21-11-16(10-20-21)18-13-22(12-15-4-2-3-5-17(15)18)19(23)14-6-8-24-9-7-14/h2-5,10-11,14,18H,6-9,12-13H2,1H3. The first-order valence-corrected chi connectivity index (χ1v) is 8.65. The summed E-state index contributed by atoms with van der Waals surface area (Å²) in [5.74, 6) is 0.590. The Morgan fingerprint density at radius 1 is 1.25 bits per heavy atom. The summed E-state index contributed by atoms with van der Waals surface area (Å²) in [4.78, 5) is 15.0. The average molecular weight is 325 g/mol. The van der Waals surface area contributed by atoms with Gasteiger partial charge in [-0.25, -0.2) is 0 Å². The lowest BCUT2D eigenvalue weighted by Crippen LogP contribution is -2.43. The topological polar surface area (TPSA) is 47.4 Å². The second kappa shape index (κ2) is 6.40. The number of amides is 1. The maximum Gasteiger partial charge on any atom is 0.226 e. The zero-order valence-corrected chi connectivity index (χ0v) is 14.0. The Morgan fingerprint density at radius 2 is 2.04 bits per heavy atom. The van der Waals surface area contributed by atoms with E-state index in [2.05, 4.69) is 35.6 Å². The molecule has 0 spiro atoms. The number of benzene rings is 1. The summed E-state index contributed by atoms with van der Waals surface area (Å²) in [6.07, 6.45) is 5.66. The molecule has 24 heavy (non-hydrogen) atoms. The van der Waals surface area contributed by atoms with Crippen LogP contribution >= 0.6 is 0 Å². The molecule has 5 nitrogen and oxygen atoms in total. The zero-order chi connectivity index (χ0) is 16.5. The molecule has 1 aromatic heterocycles. The zero-order valence-electron chi connectivity index (χ0n) is 14.0. The molecule has 1 unspecified atom stereocenters. The fraction of sp³-hybridized carbons (Fsp3) is 0.474. The lowest BCUT2D eigenvalue weighted by Gasteiger charge is -2.37. The SMILES string of the molecule is Cn1cc(C2CN(C(=O)C3CCOCC3)Cc3ccccc32)cn1. The van der Waals surface area contributed by atoms with Gasteiger partial charge in [-0.05, 0) is 29.5 Å². The van der Waals surface area contributed by atoms with E-state index in [1.807, 2.05) is 22.8 Å². The number of hydrogen-bond acceptors (Lipinski definition) is 3. The number of fused-ring (bicyclic) bond motifs is 1. The normalized spacial score (nSPS) is 21.5. The molecule has 126 valence electrons. The lowest BCUT2D eigenvalue weighted by atomic mass is 9.85. The summed E-state index contributed by atoms with van der Waals surface area (Å²) in [7, 11) is 1.93. The number of nitrogens with zero attached hydrogens (tertiary/aromatic N) is 3. The van der Waals surface area contributed by atoms with Crippen LogP contribution in [0.2, 0.25) is 0 Å². The fourth-order valence-electron chi connectivity index (χ4n) is 3.88. The molecule has 2 aromatic rings. The maximum atomic E-state index is 13.0. The minimum atomic E-state index is 0.110. The summed E-state index contributed by atoms with van der Waals surface area (Å²) in [6.45, 7) is 2.85. The molecule has 1 fully saturated rings. The van der Waals surface area contributed by atoms with E-state index in [0.29, 0.717) is 19.8 Å². The van der Waals surface area contributed by atoms with Gasteiger partial charge in [0.25, 0.3) is 0 Å². The Morgan fingerprint density at radius 3 is 2.79 bits per heavy atom. The van der Waals surface area contributed by atoms with E-state index in [1.165, 1.54) is 16.7 Å². The van der Waals surface area contributed by atoms with Crippen LogP contribution in [0.25, 0.3) is 0 Å². The molecular formula is C19H23N3O2. The first kappa shape index (κ1) is 15.4. The maximum absolute atomic E-state index is 13.0. The van der Waals surface area contributed by atoms with Crippen molar-refractivity contribution in [1.29, 1.82) is 0 Å². The predicted octanol–water partition coefficient (Wildman–Crippen LogP) is 2.32. The summed E-state index contributed by atoms with van der Waals surface area (Å²) >= 11 is 0. The fourth-order valence-corrected chi connectivity index (χ4v) is 3.88. The Labute approximate surface area is 142 Å². The second-order valence-corrected chi connectivity index (χ2v) is 6.80. The van der Waals surface area contributed by atoms with Gasteiger partial charge in [-0.3, -0.25) is 9.48 Å². The van der Waals surface area contributed by atoms with E-state index in [9.17, 15) is 4.79 Å². The van der Waals surface area contributed by atoms with E-state index in [1.54, 1.807) is 0 Å². The minimum absolute atomic E-state index is 0.110. The highest BCUT2D eigenvalue weighted by Gasteiger charge is 2.33. The van der Waals surface area contributed by atoms with Crippen LogP contribution in [0.1, 0.15) is 35.4 Å². The van der Waals surface area contributed by atoms with Gasteiger partial charge >= 0.3 is 0 Å². The monoisotopic (exact) mass is 325 g/mol. The molecule has 5 heteroatoms. The molecule has 0 aliphatic carbocycles. The van der Waals surface area contributed by atoms with Crippen molar-refractivity contribution in [2.75, 3.05) is 19.8 Å². The van der Waals surface area contributed by atoms with Crippen LogP contribution in [0.4, 0.5) is 0 Å². The van der Waals surface area contributed by atoms with Gasteiger partial charge in [-0.1, -0.05) is 24.3 Å². The van der Waals surface area contributed by atoms with E-state index >= 15 is 0 Å². The number of ether oxygens (including phenoxy) is 1. The Kier molecular flexibility index (Phi) is 4.10. The van der Waals surface area contributed by atoms with Crippen molar-refractivity contribution in [3.63, 3.8) is 0 Å². The molecule has 1 atom stereocenters. The Balaban J connectivity index is 1.63. The highest BCUT2D eigenvalue weighted by atomic mass is 16.5. The lowest BCUT2D eigenvalue weighted by molar-refractivity contribution is -0.139. The highest BCUT2D eigenvalue weighted by Crippen LogP contribution is 2.34. The van der Waals surface area contributed by atoms with Crippen molar-refractivity contribution in [2.24, 2.45) is 13.0 Å². The van der Waals surface area contributed by atoms with Gasteiger partial charge in [0.05, 0.1) is 6.20 Å². The molecule has 4 rings (SSSR count). The van der Waals surface area contributed by atoms with Crippen molar-refractivity contribution >= 4 is 5.91 Å². The summed E-state index contributed by atoms with van der Waals surface area (Å²) in [5.41, 5.74) is 3.74. The van der Waals surface area contributed by atoms with Gasteiger partial charge < -0.3 is 9.64 Å². The molecule has 0 radical (unpaired) electrons. The van der Waals surface area contributed by atoms with Gasteiger partial charge in [-0.15, -0.1) is 0 Å². The molecule has 1 saturated heterocycles. The summed E-state index contributed by atoms with van der Waals surface area (Å²) in [6, 6.07) is 8.46. The first-order chi connectivity index (χ1) is 11.7. The summed E-state index contributed by atoms with van der Waals surface area (Å²) < 4.78 is 7.24. The molecule has 1 aromatic carbocycles. The number of carbonyl (C=O) groups excluding carboxylic acids is 1. The van der Waals surface area contributed by atoms with Crippen molar-refractivity contribution in [1.82, 2.24) is 14.7 Å². The van der Waals surface area contributed by atoms with E-state index in [0.717, 1.165) is 19.4 Å². The largest absolute Gasteiger partial charge is 0.381 e. The molecule has 3 heterocycles. The van der Waals surface area contributed by atoms with Gasteiger partial charge in [0.1, 0.15) is 0 Å². The molecule has 2 aliphatic rings. The van der Waals surface area contributed by atoms with Crippen LogP contribution in [-0.2, 0) is 23.1 Å². The minimum Gasteiger partial charge on any atom is -0.381 e. The van der Waals surface area contributed by atoms with E-state index < -0.39 is 0 Å². The third-order valence-corrected chi connectivity index (χ3v) is 5.20. The van der Waals surface area contributed by atoms with E-state index in [4.69, 9.17) is 4.74 Å². The smallest absolute Gasteiger partial charge is 0.226 e. The van der Waals surface area contributed by atoms with Gasteiger partial charge in [0.15, 0.2) is 0 Å². The molecule has 0 saturated carbocycles. The van der Waals surface area contributed by atoms with Crippen molar-refractivity contribution in [3.8, 4) is 0 Å². The third kappa shape index (κ3) is 2.84. The first-order valence-electron chi connectivity index (χ1n) is 8.65. The van der Waals surface area contributed by atoms with Gasteiger partial charge in [0.2, 0.25) is 5.91 Å². The van der Waals surface area contributed by atoms with Crippen molar-refractivity contribution in [2.45, 2.75) is 25.3 Å². The van der Waals surface area contributed by atoms with Crippen LogP contribution in [0.3, 0.4) is 0 Å². The number of aromatic nitrogens is 2. The molecule has 1 amide bonds. The third-order valence-electron chi connectivity index (χ3n) is 5.20. The number of hydrogen-bond donors (Lipinski definition) is 0. The second-order valence-electron chi connectivity index (χ2n) is 6.80. The quantitative estimate of drug-likeness (QED) is 0.851. The molecule has 2 aliphatic heterocycles. The van der Waals surface area contributed by atoms with Crippen molar-refractivity contribution < 1.29 is 9.53 Å². The van der Waals surface area contributed by atoms with Crippen LogP contribution in [0.5, 0.6) is 0 Å².